The van der Waals surface area contributed by atoms with Crippen LogP contribution in [0, 0.1) is 10.1 Å². The smallest absolute Gasteiger partial charge is 0.314 e. The highest BCUT2D eigenvalue weighted by molar-refractivity contribution is 5.57. The first kappa shape index (κ1) is 16.7. The summed E-state index contributed by atoms with van der Waals surface area (Å²) in [4.78, 5) is 13.6. The van der Waals surface area contributed by atoms with Crippen molar-refractivity contribution in [3.8, 4) is 5.75 Å². The molecule has 5 nitrogen and oxygen atoms in total. The van der Waals surface area contributed by atoms with Crippen LogP contribution in [0.15, 0.2) is 12.1 Å². The number of nitro benzene ring substituents is 1. The lowest BCUT2D eigenvalue weighted by atomic mass is 9.86. The Morgan fingerprint density at radius 3 is 2.55 bits per heavy atom. The van der Waals surface area contributed by atoms with E-state index in [1.807, 2.05) is 6.07 Å². The van der Waals surface area contributed by atoms with Crippen LogP contribution < -0.4 is 4.74 Å². The summed E-state index contributed by atoms with van der Waals surface area (Å²) >= 11 is 0. The van der Waals surface area contributed by atoms with Crippen LogP contribution in [0.25, 0.3) is 0 Å². The molecular formula is C17H26N2O3. The number of fused-ring (bicyclic) bond motifs is 1. The van der Waals surface area contributed by atoms with Crippen molar-refractivity contribution in [3.63, 3.8) is 0 Å². The molecule has 22 heavy (non-hydrogen) atoms. The molecular weight excluding hydrogens is 280 g/mol. The maximum atomic E-state index is 11.4. The highest BCUT2D eigenvalue weighted by Crippen LogP contribution is 2.38. The SMILES string of the molecule is CCCN(CCC)C1CCc2c(ccc(OC)c2[N+](=O)[O-])C1. The van der Waals surface area contributed by atoms with E-state index < -0.39 is 0 Å². The molecule has 0 saturated heterocycles. The van der Waals surface area contributed by atoms with E-state index in [1.54, 1.807) is 6.07 Å². The van der Waals surface area contributed by atoms with Crippen molar-refractivity contribution in [2.24, 2.45) is 0 Å². The summed E-state index contributed by atoms with van der Waals surface area (Å²) < 4.78 is 5.17. The van der Waals surface area contributed by atoms with Crippen molar-refractivity contribution in [1.82, 2.24) is 4.90 Å². The van der Waals surface area contributed by atoms with E-state index in [1.165, 1.54) is 7.11 Å². The monoisotopic (exact) mass is 306 g/mol. The van der Waals surface area contributed by atoms with Crippen LogP contribution in [0.3, 0.4) is 0 Å². The zero-order chi connectivity index (χ0) is 16.1. The van der Waals surface area contributed by atoms with Gasteiger partial charge in [0.05, 0.1) is 12.0 Å². The second-order valence-corrected chi connectivity index (χ2v) is 5.94. The summed E-state index contributed by atoms with van der Waals surface area (Å²) in [5.41, 5.74) is 2.14. The minimum atomic E-state index is -0.298. The van der Waals surface area contributed by atoms with E-state index in [0.29, 0.717) is 11.8 Å². The molecule has 0 fully saturated rings. The third-order valence-electron chi connectivity index (χ3n) is 4.47. The predicted molar refractivity (Wildman–Crippen MR) is 87.6 cm³/mol. The summed E-state index contributed by atoms with van der Waals surface area (Å²) in [6, 6.07) is 4.24. The number of ether oxygens (including phenoxy) is 1. The number of nitro groups is 1. The number of hydrogen-bond acceptors (Lipinski definition) is 4. The van der Waals surface area contributed by atoms with Crippen molar-refractivity contribution in [2.45, 2.75) is 52.0 Å². The predicted octanol–water partition coefficient (Wildman–Crippen LogP) is 3.58. The quantitative estimate of drug-likeness (QED) is 0.570. The average molecular weight is 306 g/mol. The molecule has 1 aromatic rings. The maximum Gasteiger partial charge on any atom is 0.314 e. The zero-order valence-electron chi connectivity index (χ0n) is 13.8. The summed E-state index contributed by atoms with van der Waals surface area (Å²) in [7, 11) is 1.49. The Morgan fingerprint density at radius 2 is 2.00 bits per heavy atom. The first-order valence-corrected chi connectivity index (χ1v) is 8.19. The molecule has 122 valence electrons. The van der Waals surface area contributed by atoms with E-state index in [2.05, 4.69) is 18.7 Å². The number of methoxy groups -OCH3 is 1. The molecule has 0 radical (unpaired) electrons. The van der Waals surface area contributed by atoms with Crippen LogP contribution in [0.5, 0.6) is 5.75 Å². The third kappa shape index (κ3) is 3.40. The van der Waals surface area contributed by atoms with Gasteiger partial charge in [-0.15, -0.1) is 0 Å². The van der Waals surface area contributed by atoms with Gasteiger partial charge in [0.15, 0.2) is 5.75 Å². The topological polar surface area (TPSA) is 55.6 Å². The van der Waals surface area contributed by atoms with E-state index >= 15 is 0 Å². The number of nitrogens with zero attached hydrogens (tertiary/aromatic N) is 2. The molecule has 0 N–H and O–H groups in total. The van der Waals surface area contributed by atoms with Gasteiger partial charge in [0, 0.05) is 11.6 Å². The second-order valence-electron chi connectivity index (χ2n) is 5.94. The Hall–Kier alpha value is -1.62. The Labute approximate surface area is 132 Å². The van der Waals surface area contributed by atoms with Crippen LogP contribution in [0.1, 0.15) is 44.2 Å². The van der Waals surface area contributed by atoms with E-state index in [4.69, 9.17) is 4.74 Å². The fraction of sp³-hybridized carbons (Fsp3) is 0.647. The molecule has 2 rings (SSSR count). The average Bonchev–Trinajstić information content (AvgIpc) is 2.52. The lowest BCUT2D eigenvalue weighted by molar-refractivity contribution is -0.386. The third-order valence-corrected chi connectivity index (χ3v) is 4.47. The summed E-state index contributed by atoms with van der Waals surface area (Å²) in [5.74, 6) is 0.376. The van der Waals surface area contributed by atoms with Gasteiger partial charge in [0.2, 0.25) is 0 Å². The second kappa shape index (κ2) is 7.58. The molecule has 1 aliphatic carbocycles. The minimum absolute atomic E-state index is 0.163. The normalized spacial score (nSPS) is 17.4. The Morgan fingerprint density at radius 1 is 1.32 bits per heavy atom. The standard InChI is InChI=1S/C17H26N2O3/c1-4-10-18(11-5-2)14-7-8-15-13(12-14)6-9-16(22-3)17(15)19(20)21/h6,9,14H,4-5,7-8,10-12H2,1-3H3. The van der Waals surface area contributed by atoms with Gasteiger partial charge in [-0.1, -0.05) is 19.9 Å². The van der Waals surface area contributed by atoms with Crippen LogP contribution in [-0.2, 0) is 12.8 Å². The lowest BCUT2D eigenvalue weighted by Gasteiger charge is -2.35. The van der Waals surface area contributed by atoms with Crippen molar-refractivity contribution in [3.05, 3.63) is 33.4 Å². The lowest BCUT2D eigenvalue weighted by Crippen LogP contribution is -2.40. The van der Waals surface area contributed by atoms with E-state index in [0.717, 1.165) is 56.3 Å². The van der Waals surface area contributed by atoms with Crippen molar-refractivity contribution in [1.29, 1.82) is 0 Å². The Balaban J connectivity index is 2.27. The van der Waals surface area contributed by atoms with E-state index in [-0.39, 0.29) is 10.6 Å². The molecule has 0 aliphatic heterocycles. The Bertz CT molecular complexity index is 525. The van der Waals surface area contributed by atoms with Crippen molar-refractivity contribution in [2.75, 3.05) is 20.2 Å². The van der Waals surface area contributed by atoms with Crippen LogP contribution in [-0.4, -0.2) is 36.1 Å². The van der Waals surface area contributed by atoms with Gasteiger partial charge in [-0.2, -0.15) is 0 Å². The van der Waals surface area contributed by atoms with Gasteiger partial charge >= 0.3 is 5.69 Å². The molecule has 0 amide bonds. The summed E-state index contributed by atoms with van der Waals surface area (Å²) in [6.45, 7) is 6.61. The number of hydrogen-bond donors (Lipinski definition) is 0. The van der Waals surface area contributed by atoms with E-state index in [9.17, 15) is 10.1 Å². The largest absolute Gasteiger partial charge is 0.490 e. The number of rotatable bonds is 7. The maximum absolute atomic E-state index is 11.4. The van der Waals surface area contributed by atoms with Crippen LogP contribution in [0.2, 0.25) is 0 Å². The minimum Gasteiger partial charge on any atom is -0.490 e. The first-order chi connectivity index (χ1) is 10.6. The highest BCUT2D eigenvalue weighted by atomic mass is 16.6. The van der Waals surface area contributed by atoms with Gasteiger partial charge in [0.25, 0.3) is 0 Å². The first-order valence-electron chi connectivity index (χ1n) is 8.19. The molecule has 0 saturated carbocycles. The van der Waals surface area contributed by atoms with Gasteiger partial charge in [-0.25, -0.2) is 0 Å². The van der Waals surface area contributed by atoms with Crippen LogP contribution >= 0.6 is 0 Å². The van der Waals surface area contributed by atoms with Gasteiger partial charge < -0.3 is 9.64 Å². The zero-order valence-corrected chi connectivity index (χ0v) is 13.8. The molecule has 0 bridgehead atoms. The van der Waals surface area contributed by atoms with Gasteiger partial charge in [-0.05, 0) is 56.8 Å². The fourth-order valence-corrected chi connectivity index (χ4v) is 3.52. The molecule has 0 spiro atoms. The molecule has 1 unspecified atom stereocenters. The van der Waals surface area contributed by atoms with Gasteiger partial charge in [-0.3, -0.25) is 10.1 Å². The molecule has 0 aromatic heterocycles. The fourth-order valence-electron chi connectivity index (χ4n) is 3.52. The summed E-state index contributed by atoms with van der Waals surface area (Å²) in [5, 5.41) is 11.4. The van der Waals surface area contributed by atoms with Crippen molar-refractivity contribution < 1.29 is 9.66 Å². The molecule has 1 aliphatic rings. The Kier molecular flexibility index (Phi) is 5.77. The molecule has 0 heterocycles. The highest BCUT2D eigenvalue weighted by Gasteiger charge is 2.30. The van der Waals surface area contributed by atoms with Crippen molar-refractivity contribution >= 4 is 5.69 Å². The molecule has 5 heteroatoms. The van der Waals surface area contributed by atoms with Gasteiger partial charge in [0.1, 0.15) is 0 Å². The number of benzene rings is 1. The molecule has 1 atom stereocenters. The summed E-state index contributed by atoms with van der Waals surface area (Å²) in [6.07, 6.45) is 4.94. The van der Waals surface area contributed by atoms with Crippen LogP contribution in [0.4, 0.5) is 5.69 Å². The molecule has 1 aromatic carbocycles.